The Bertz CT molecular complexity index is 775. The molecule has 1 aliphatic heterocycles. The van der Waals surface area contributed by atoms with Crippen molar-refractivity contribution in [3.05, 3.63) is 17.3 Å². The quantitative estimate of drug-likeness (QED) is 0.780. The van der Waals surface area contributed by atoms with E-state index < -0.39 is 6.10 Å². The molecule has 128 valence electrons. The lowest BCUT2D eigenvalue weighted by Gasteiger charge is -2.17. The number of aryl methyl sites for hydroxylation is 2. The van der Waals surface area contributed by atoms with E-state index in [1.54, 1.807) is 0 Å². The Hall–Kier alpha value is -1.99. The van der Waals surface area contributed by atoms with E-state index in [9.17, 15) is 5.11 Å². The highest BCUT2D eigenvalue weighted by atomic mass is 16.3. The summed E-state index contributed by atoms with van der Waals surface area (Å²) in [4.78, 5) is 16.1. The molecule has 2 fully saturated rings. The third kappa shape index (κ3) is 2.78. The topological polar surface area (TPSA) is 86.2 Å². The third-order valence-corrected chi connectivity index (χ3v) is 4.92. The fourth-order valence-electron chi connectivity index (χ4n) is 3.59. The summed E-state index contributed by atoms with van der Waals surface area (Å²) in [6, 6.07) is 2.65. The molecule has 7 heteroatoms. The van der Waals surface area contributed by atoms with Gasteiger partial charge in [-0.25, -0.2) is 4.98 Å². The molecule has 2 aliphatic rings. The normalized spacial score (nSPS) is 24.5. The van der Waals surface area contributed by atoms with Crippen LogP contribution >= 0.6 is 0 Å². The average molecular weight is 328 g/mol. The number of pyridine rings is 1. The zero-order valence-electron chi connectivity index (χ0n) is 14.4. The average Bonchev–Trinajstić information content (AvgIpc) is 3.31. The van der Waals surface area contributed by atoms with Gasteiger partial charge in [-0.15, -0.1) is 0 Å². The van der Waals surface area contributed by atoms with E-state index in [4.69, 9.17) is 0 Å². The summed E-state index contributed by atoms with van der Waals surface area (Å²) in [5.41, 5.74) is 2.72. The summed E-state index contributed by atoms with van der Waals surface area (Å²) in [6.07, 6.45) is 2.10. The van der Waals surface area contributed by atoms with Crippen molar-refractivity contribution in [3.8, 4) is 0 Å². The predicted molar refractivity (Wildman–Crippen MR) is 94.4 cm³/mol. The first-order valence-electron chi connectivity index (χ1n) is 8.57. The van der Waals surface area contributed by atoms with Crippen LogP contribution in [0.5, 0.6) is 0 Å². The van der Waals surface area contributed by atoms with E-state index in [0.717, 1.165) is 35.6 Å². The number of β-amino-alcohol motifs (C(OH)–C–C–N with tert-alkyl or cyclic N) is 1. The highest BCUT2D eigenvalue weighted by molar-refractivity contribution is 5.90. The number of anilines is 2. The van der Waals surface area contributed by atoms with Crippen LogP contribution in [0.15, 0.2) is 6.07 Å². The lowest BCUT2D eigenvalue weighted by molar-refractivity contribution is 0.167. The summed E-state index contributed by atoms with van der Waals surface area (Å²) < 4.78 is 0. The number of likely N-dealkylation sites (tertiary alicyclic amines) is 1. The first-order chi connectivity index (χ1) is 11.5. The van der Waals surface area contributed by atoms with Crippen molar-refractivity contribution in [2.45, 2.75) is 44.9 Å². The van der Waals surface area contributed by atoms with E-state index in [-0.39, 0.29) is 6.04 Å². The number of rotatable bonds is 4. The largest absolute Gasteiger partial charge is 0.390 e. The Morgan fingerprint density at radius 1 is 1.17 bits per heavy atom. The molecule has 0 amide bonds. The van der Waals surface area contributed by atoms with E-state index >= 15 is 0 Å². The van der Waals surface area contributed by atoms with Crippen molar-refractivity contribution in [2.24, 2.45) is 0 Å². The summed E-state index contributed by atoms with van der Waals surface area (Å²) in [7, 11) is 1.85. The van der Waals surface area contributed by atoms with Gasteiger partial charge in [0.2, 0.25) is 5.95 Å². The zero-order chi connectivity index (χ0) is 16.8. The minimum absolute atomic E-state index is 0.0429. The molecule has 0 unspecified atom stereocenters. The molecular weight excluding hydrogens is 304 g/mol. The summed E-state index contributed by atoms with van der Waals surface area (Å²) >= 11 is 0. The van der Waals surface area contributed by atoms with E-state index in [0.29, 0.717) is 17.6 Å². The van der Waals surface area contributed by atoms with Gasteiger partial charge in [-0.1, -0.05) is 0 Å². The standard InChI is InChI=1S/C17H24N6O/c1-9-6-10(2)19-16-14(9)15(18-3)21-17(22-16)20-12-7-23(8-13(12)24)11-4-5-11/h6,11-13,24H,4-5,7-8H2,1-3H3,(H2,18,19,20,21,22)/t12-,13-/m0/s1. The number of aliphatic hydroxyl groups is 1. The van der Waals surface area contributed by atoms with Gasteiger partial charge >= 0.3 is 0 Å². The van der Waals surface area contributed by atoms with Gasteiger partial charge in [-0.2, -0.15) is 9.97 Å². The lowest BCUT2D eigenvalue weighted by Crippen LogP contribution is -2.33. The SMILES string of the molecule is CNc1nc(N[C@H]2CN(C3CC3)C[C@@H]2O)nc2nc(C)cc(C)c12. The number of nitrogens with zero attached hydrogens (tertiary/aromatic N) is 4. The highest BCUT2D eigenvalue weighted by Gasteiger charge is 2.39. The number of hydrogen-bond acceptors (Lipinski definition) is 7. The minimum Gasteiger partial charge on any atom is -0.390 e. The predicted octanol–water partition coefficient (Wildman–Crippen LogP) is 1.30. The van der Waals surface area contributed by atoms with Gasteiger partial charge in [0.25, 0.3) is 0 Å². The fraction of sp³-hybridized carbons (Fsp3) is 0.588. The zero-order valence-corrected chi connectivity index (χ0v) is 14.4. The van der Waals surface area contributed by atoms with Crippen molar-refractivity contribution in [1.29, 1.82) is 0 Å². The Morgan fingerprint density at radius 3 is 2.67 bits per heavy atom. The van der Waals surface area contributed by atoms with Crippen LogP contribution in [0.3, 0.4) is 0 Å². The second-order valence-electron chi connectivity index (χ2n) is 6.93. The minimum atomic E-state index is -0.393. The Kier molecular flexibility index (Phi) is 3.77. The van der Waals surface area contributed by atoms with Crippen LogP contribution in [0.2, 0.25) is 0 Å². The van der Waals surface area contributed by atoms with Gasteiger partial charge in [-0.3, -0.25) is 4.90 Å². The maximum absolute atomic E-state index is 10.3. The van der Waals surface area contributed by atoms with Crippen molar-refractivity contribution in [1.82, 2.24) is 19.9 Å². The number of hydrogen-bond donors (Lipinski definition) is 3. The van der Waals surface area contributed by atoms with Crippen molar-refractivity contribution in [2.75, 3.05) is 30.8 Å². The molecule has 0 spiro atoms. The van der Waals surface area contributed by atoms with Crippen LogP contribution in [-0.4, -0.2) is 63.3 Å². The van der Waals surface area contributed by atoms with Crippen LogP contribution in [0.25, 0.3) is 11.0 Å². The van der Waals surface area contributed by atoms with Crippen molar-refractivity contribution in [3.63, 3.8) is 0 Å². The molecule has 0 bridgehead atoms. The van der Waals surface area contributed by atoms with Gasteiger partial charge in [0.05, 0.1) is 17.5 Å². The summed E-state index contributed by atoms with van der Waals surface area (Å²) in [5.74, 6) is 1.28. The Labute approximate surface area is 141 Å². The van der Waals surface area contributed by atoms with Crippen molar-refractivity contribution >= 4 is 22.8 Å². The number of aliphatic hydroxyl groups excluding tert-OH is 1. The van der Waals surface area contributed by atoms with Gasteiger partial charge in [0.15, 0.2) is 5.65 Å². The molecule has 3 heterocycles. The molecule has 2 atom stereocenters. The van der Waals surface area contributed by atoms with Crippen LogP contribution in [-0.2, 0) is 0 Å². The smallest absolute Gasteiger partial charge is 0.227 e. The van der Waals surface area contributed by atoms with Gasteiger partial charge in [0.1, 0.15) is 5.82 Å². The van der Waals surface area contributed by atoms with Crippen LogP contribution in [0.1, 0.15) is 24.1 Å². The molecule has 24 heavy (non-hydrogen) atoms. The van der Waals surface area contributed by atoms with E-state index in [2.05, 4.69) is 30.5 Å². The molecule has 0 radical (unpaired) electrons. The molecular formula is C17H24N6O. The number of aromatic nitrogens is 3. The molecule has 7 nitrogen and oxygen atoms in total. The molecule has 2 aromatic heterocycles. The monoisotopic (exact) mass is 328 g/mol. The first-order valence-corrected chi connectivity index (χ1v) is 8.57. The third-order valence-electron chi connectivity index (χ3n) is 4.92. The fourth-order valence-corrected chi connectivity index (χ4v) is 3.59. The second kappa shape index (κ2) is 5.82. The number of nitrogens with one attached hydrogen (secondary N) is 2. The Balaban J connectivity index is 1.64. The van der Waals surface area contributed by atoms with Crippen LogP contribution < -0.4 is 10.6 Å². The van der Waals surface area contributed by atoms with Crippen LogP contribution in [0, 0.1) is 13.8 Å². The molecule has 1 saturated carbocycles. The molecule has 3 N–H and O–H groups in total. The van der Waals surface area contributed by atoms with Crippen molar-refractivity contribution < 1.29 is 5.11 Å². The molecule has 1 aliphatic carbocycles. The summed E-state index contributed by atoms with van der Waals surface area (Å²) in [6.45, 7) is 5.57. The second-order valence-corrected chi connectivity index (χ2v) is 6.93. The van der Waals surface area contributed by atoms with E-state index in [1.165, 1.54) is 12.8 Å². The lowest BCUT2D eigenvalue weighted by atomic mass is 10.1. The highest BCUT2D eigenvalue weighted by Crippen LogP contribution is 2.31. The molecule has 2 aromatic rings. The molecule has 1 saturated heterocycles. The van der Waals surface area contributed by atoms with E-state index in [1.807, 2.05) is 27.0 Å². The number of fused-ring (bicyclic) bond motifs is 1. The molecule has 0 aromatic carbocycles. The summed E-state index contributed by atoms with van der Waals surface area (Å²) in [5, 5.41) is 17.7. The van der Waals surface area contributed by atoms with Gasteiger partial charge < -0.3 is 15.7 Å². The maximum atomic E-state index is 10.3. The van der Waals surface area contributed by atoms with Crippen LogP contribution in [0.4, 0.5) is 11.8 Å². The van der Waals surface area contributed by atoms with Gasteiger partial charge in [0, 0.05) is 31.9 Å². The van der Waals surface area contributed by atoms with Gasteiger partial charge in [-0.05, 0) is 38.3 Å². The Morgan fingerprint density at radius 2 is 1.96 bits per heavy atom. The first kappa shape index (κ1) is 15.5. The maximum Gasteiger partial charge on any atom is 0.227 e. The molecule has 4 rings (SSSR count).